The Morgan fingerprint density at radius 1 is 1.00 bits per heavy atom. The second-order valence-corrected chi connectivity index (χ2v) is 4.12. The maximum atomic E-state index is 5.87. The van der Waals surface area contributed by atoms with Gasteiger partial charge in [0.25, 0.3) is 0 Å². The van der Waals surface area contributed by atoms with Crippen molar-refractivity contribution in [3.8, 4) is 0 Å². The highest BCUT2D eigenvalue weighted by Gasteiger charge is 2.18. The molecule has 0 atom stereocenters. The lowest BCUT2D eigenvalue weighted by atomic mass is 10.1. The zero-order chi connectivity index (χ0) is 12.5. The number of nitrogens with two attached hydrogens (primary N) is 1. The molecule has 0 amide bonds. The Balaban J connectivity index is 2.10. The lowest BCUT2D eigenvalue weighted by Crippen LogP contribution is -2.09. The number of aromatic nitrogens is 1. The normalized spacial score (nSPS) is 15.6. The van der Waals surface area contributed by atoms with E-state index in [9.17, 15) is 0 Å². The monoisotopic (exact) mass is 236 g/mol. The molecule has 1 aliphatic rings. The summed E-state index contributed by atoms with van der Waals surface area (Å²) in [7, 11) is 0. The molecular formula is C14H12N4. The molecule has 0 unspecified atom stereocenters. The first kappa shape index (κ1) is 10.7. The summed E-state index contributed by atoms with van der Waals surface area (Å²) >= 11 is 0. The van der Waals surface area contributed by atoms with E-state index in [1.165, 1.54) is 0 Å². The minimum atomic E-state index is 0.511. The third kappa shape index (κ3) is 1.78. The van der Waals surface area contributed by atoms with Crippen molar-refractivity contribution >= 4 is 17.5 Å². The van der Waals surface area contributed by atoms with Crippen LogP contribution in [0.2, 0.25) is 0 Å². The quantitative estimate of drug-likeness (QED) is 0.824. The first-order valence-electron chi connectivity index (χ1n) is 5.70. The van der Waals surface area contributed by atoms with E-state index in [-0.39, 0.29) is 0 Å². The number of fused-ring (bicyclic) bond motifs is 1. The molecule has 0 spiro atoms. The van der Waals surface area contributed by atoms with Gasteiger partial charge in [-0.25, -0.2) is 15.0 Å². The van der Waals surface area contributed by atoms with Crippen LogP contribution in [0.5, 0.6) is 0 Å². The molecule has 1 aromatic carbocycles. The van der Waals surface area contributed by atoms with Crippen LogP contribution in [0.3, 0.4) is 0 Å². The highest BCUT2D eigenvalue weighted by atomic mass is 15.0. The van der Waals surface area contributed by atoms with Crippen molar-refractivity contribution < 1.29 is 0 Å². The topological polar surface area (TPSA) is 63.6 Å². The molecule has 1 aromatic heterocycles. The molecule has 1 aliphatic heterocycles. The van der Waals surface area contributed by atoms with E-state index < -0.39 is 0 Å². The smallest absolute Gasteiger partial charge is 0.164 e. The van der Waals surface area contributed by atoms with Gasteiger partial charge < -0.3 is 5.73 Å². The Labute approximate surface area is 105 Å². The number of pyridine rings is 1. The molecule has 18 heavy (non-hydrogen) atoms. The molecule has 2 aromatic rings. The molecule has 2 heterocycles. The Bertz CT molecular complexity index is 671. The van der Waals surface area contributed by atoms with Crippen LogP contribution in [0.15, 0.2) is 52.4 Å². The second kappa shape index (κ2) is 4.07. The van der Waals surface area contributed by atoms with Crippen LogP contribution in [-0.2, 0) is 0 Å². The van der Waals surface area contributed by atoms with E-state index in [2.05, 4.69) is 15.0 Å². The van der Waals surface area contributed by atoms with E-state index in [1.807, 2.05) is 49.4 Å². The van der Waals surface area contributed by atoms with Crippen LogP contribution in [-0.4, -0.2) is 16.7 Å². The molecule has 0 saturated carbocycles. The average Bonchev–Trinajstić information content (AvgIpc) is 2.67. The number of hydrogen-bond acceptors (Lipinski definition) is 3. The molecule has 4 nitrogen and oxygen atoms in total. The number of aryl methyl sites for hydroxylation is 1. The summed E-state index contributed by atoms with van der Waals surface area (Å²) in [5.41, 5.74) is 8.69. The maximum Gasteiger partial charge on any atom is 0.164 e. The van der Waals surface area contributed by atoms with Crippen molar-refractivity contribution in [3.05, 3.63) is 59.3 Å². The van der Waals surface area contributed by atoms with E-state index in [1.54, 1.807) is 0 Å². The summed E-state index contributed by atoms with van der Waals surface area (Å²) in [6, 6.07) is 13.5. The Kier molecular flexibility index (Phi) is 2.41. The van der Waals surface area contributed by atoms with Crippen LogP contribution in [0.4, 0.5) is 5.82 Å². The number of rotatable bonds is 1. The zero-order valence-corrected chi connectivity index (χ0v) is 9.96. The third-order valence-electron chi connectivity index (χ3n) is 2.76. The largest absolute Gasteiger partial charge is 0.383 e. The van der Waals surface area contributed by atoms with Gasteiger partial charge >= 0.3 is 0 Å². The summed E-state index contributed by atoms with van der Waals surface area (Å²) in [5.74, 6) is 1.79. The Morgan fingerprint density at radius 2 is 1.78 bits per heavy atom. The van der Waals surface area contributed by atoms with Crippen molar-refractivity contribution in [1.29, 1.82) is 0 Å². The SMILES string of the molecule is Cc1cccc(/N=C2\N=C(N)c3ccccc32)n1. The van der Waals surface area contributed by atoms with Gasteiger partial charge in [0.15, 0.2) is 11.7 Å². The summed E-state index contributed by atoms with van der Waals surface area (Å²) in [6.07, 6.45) is 0. The molecule has 0 radical (unpaired) electrons. The number of amidine groups is 2. The summed E-state index contributed by atoms with van der Waals surface area (Å²) in [5, 5.41) is 0. The molecular weight excluding hydrogens is 224 g/mol. The minimum Gasteiger partial charge on any atom is -0.383 e. The zero-order valence-electron chi connectivity index (χ0n) is 9.96. The van der Waals surface area contributed by atoms with Crippen molar-refractivity contribution in [1.82, 2.24) is 4.98 Å². The lowest BCUT2D eigenvalue weighted by Gasteiger charge is -1.99. The fourth-order valence-electron chi connectivity index (χ4n) is 1.92. The number of aliphatic imine (C=N–C) groups is 2. The molecule has 0 aliphatic carbocycles. The fourth-order valence-corrected chi connectivity index (χ4v) is 1.92. The Hall–Kier alpha value is -2.49. The van der Waals surface area contributed by atoms with Gasteiger partial charge in [-0.1, -0.05) is 30.3 Å². The van der Waals surface area contributed by atoms with Crippen LogP contribution >= 0.6 is 0 Å². The van der Waals surface area contributed by atoms with Gasteiger partial charge in [0.1, 0.15) is 5.84 Å². The van der Waals surface area contributed by atoms with Crippen molar-refractivity contribution in [2.24, 2.45) is 15.7 Å². The molecule has 4 heteroatoms. The highest BCUT2D eigenvalue weighted by Crippen LogP contribution is 2.20. The number of hydrogen-bond donors (Lipinski definition) is 1. The van der Waals surface area contributed by atoms with Crippen LogP contribution < -0.4 is 5.73 Å². The first-order chi connectivity index (χ1) is 8.74. The molecule has 0 saturated heterocycles. The standard InChI is InChI=1S/C14H12N4/c1-9-5-4-8-12(16-9)17-14-11-7-3-2-6-10(11)13(15)18-14/h2-8H,1H3,(H2,15,16,17,18). The van der Waals surface area contributed by atoms with Gasteiger partial charge in [-0.05, 0) is 19.1 Å². The highest BCUT2D eigenvalue weighted by molar-refractivity contribution is 6.22. The molecule has 0 bridgehead atoms. The summed E-state index contributed by atoms with van der Waals surface area (Å²) in [4.78, 5) is 13.1. The number of nitrogens with zero attached hydrogens (tertiary/aromatic N) is 3. The predicted molar refractivity (Wildman–Crippen MR) is 72.3 cm³/mol. The second-order valence-electron chi connectivity index (χ2n) is 4.12. The van der Waals surface area contributed by atoms with Gasteiger partial charge in [0.05, 0.1) is 0 Å². The fraction of sp³-hybridized carbons (Fsp3) is 0.0714. The van der Waals surface area contributed by atoms with Gasteiger partial charge in [-0.15, -0.1) is 0 Å². The molecule has 3 rings (SSSR count). The van der Waals surface area contributed by atoms with Gasteiger partial charge in [0.2, 0.25) is 0 Å². The number of benzene rings is 1. The van der Waals surface area contributed by atoms with Gasteiger partial charge in [0, 0.05) is 16.8 Å². The van der Waals surface area contributed by atoms with Crippen molar-refractivity contribution in [2.75, 3.05) is 0 Å². The van der Waals surface area contributed by atoms with Crippen LogP contribution in [0, 0.1) is 6.92 Å². The molecule has 2 N–H and O–H groups in total. The minimum absolute atomic E-state index is 0.511. The van der Waals surface area contributed by atoms with Gasteiger partial charge in [-0.3, -0.25) is 0 Å². The molecule has 0 fully saturated rings. The summed E-state index contributed by atoms with van der Waals surface area (Å²) in [6.45, 7) is 1.93. The van der Waals surface area contributed by atoms with Crippen LogP contribution in [0.25, 0.3) is 0 Å². The predicted octanol–water partition coefficient (Wildman–Crippen LogP) is 2.19. The van der Waals surface area contributed by atoms with Gasteiger partial charge in [-0.2, -0.15) is 0 Å². The maximum absolute atomic E-state index is 5.87. The van der Waals surface area contributed by atoms with Crippen LogP contribution in [0.1, 0.15) is 16.8 Å². The van der Waals surface area contributed by atoms with E-state index in [4.69, 9.17) is 5.73 Å². The lowest BCUT2D eigenvalue weighted by molar-refractivity contribution is 1.18. The van der Waals surface area contributed by atoms with E-state index >= 15 is 0 Å². The molecule has 88 valence electrons. The first-order valence-corrected chi connectivity index (χ1v) is 5.70. The Morgan fingerprint density at radius 3 is 2.56 bits per heavy atom. The third-order valence-corrected chi connectivity index (χ3v) is 2.76. The van der Waals surface area contributed by atoms with E-state index in [0.29, 0.717) is 17.5 Å². The summed E-state index contributed by atoms with van der Waals surface area (Å²) < 4.78 is 0. The van der Waals surface area contributed by atoms with Crippen molar-refractivity contribution in [3.63, 3.8) is 0 Å². The van der Waals surface area contributed by atoms with Crippen molar-refractivity contribution in [2.45, 2.75) is 6.92 Å². The van der Waals surface area contributed by atoms with E-state index in [0.717, 1.165) is 16.8 Å². The average molecular weight is 236 g/mol.